The Kier molecular flexibility index (Phi) is 9.79. The number of aryl methyl sites for hydroxylation is 1. The van der Waals surface area contributed by atoms with Gasteiger partial charge in [0.25, 0.3) is 5.91 Å². The predicted octanol–water partition coefficient (Wildman–Crippen LogP) is 6.04. The zero-order chi connectivity index (χ0) is 29.1. The highest BCUT2D eigenvalue weighted by Crippen LogP contribution is 2.34. The molecular formula is C28H35F3IN3O4. The quantitative estimate of drug-likeness (QED) is 0.383. The van der Waals surface area contributed by atoms with Crippen molar-refractivity contribution in [2.75, 3.05) is 33.2 Å². The standard InChI is InChI=1S/C28H35F3IN3O4/c1-17-12-23(21(14-22(17)32)25(36)33-6)38-24(19-8-7-9-20(13-19)28(29,30)31)16-34-10-11-35(18(2)15-34)26(37)39-27(3,4)5/h7-9,12-14,18,24H,10-11,15-16H2,1-6H3,(H,33,36)/t18-,24-/m1/s1. The number of ether oxygens (including phenoxy) is 2. The molecule has 1 aliphatic rings. The van der Waals surface area contributed by atoms with E-state index in [-0.39, 0.29) is 24.2 Å². The highest BCUT2D eigenvalue weighted by Gasteiger charge is 2.34. The average Bonchev–Trinajstić information content (AvgIpc) is 2.83. The van der Waals surface area contributed by atoms with Gasteiger partial charge in [-0.25, -0.2) is 4.79 Å². The van der Waals surface area contributed by atoms with Gasteiger partial charge in [-0.2, -0.15) is 13.2 Å². The van der Waals surface area contributed by atoms with Crippen molar-refractivity contribution in [3.63, 3.8) is 0 Å². The first-order valence-electron chi connectivity index (χ1n) is 12.7. The van der Waals surface area contributed by atoms with Gasteiger partial charge in [0.05, 0.1) is 11.1 Å². The number of hydrogen-bond acceptors (Lipinski definition) is 5. The summed E-state index contributed by atoms with van der Waals surface area (Å²) in [5.41, 5.74) is 0.117. The molecule has 1 aliphatic heterocycles. The van der Waals surface area contributed by atoms with Crippen LogP contribution in [0.3, 0.4) is 0 Å². The molecule has 11 heteroatoms. The van der Waals surface area contributed by atoms with Crippen LogP contribution in [0.15, 0.2) is 36.4 Å². The molecule has 214 valence electrons. The van der Waals surface area contributed by atoms with E-state index in [4.69, 9.17) is 9.47 Å². The molecule has 0 spiro atoms. The third-order valence-corrected chi connectivity index (χ3v) is 7.51. The van der Waals surface area contributed by atoms with Crippen molar-refractivity contribution in [1.29, 1.82) is 0 Å². The van der Waals surface area contributed by atoms with Crippen LogP contribution in [0.2, 0.25) is 0 Å². The summed E-state index contributed by atoms with van der Waals surface area (Å²) in [6.07, 6.45) is -5.72. The molecular weight excluding hydrogens is 626 g/mol. The van der Waals surface area contributed by atoms with E-state index < -0.39 is 29.5 Å². The number of alkyl halides is 3. The van der Waals surface area contributed by atoms with Crippen molar-refractivity contribution in [1.82, 2.24) is 15.1 Å². The van der Waals surface area contributed by atoms with Gasteiger partial charge in [0.15, 0.2) is 0 Å². The number of carbonyl (C=O) groups excluding carboxylic acids is 2. The fraction of sp³-hybridized carbons (Fsp3) is 0.500. The molecule has 39 heavy (non-hydrogen) atoms. The van der Waals surface area contributed by atoms with Crippen LogP contribution in [0.1, 0.15) is 60.8 Å². The Labute approximate surface area is 241 Å². The van der Waals surface area contributed by atoms with Gasteiger partial charge in [-0.05, 0) is 92.6 Å². The molecule has 2 amide bonds. The second-order valence-corrected chi connectivity index (χ2v) is 11.9. The van der Waals surface area contributed by atoms with Crippen molar-refractivity contribution >= 4 is 34.6 Å². The van der Waals surface area contributed by atoms with E-state index in [9.17, 15) is 22.8 Å². The van der Waals surface area contributed by atoms with Gasteiger partial charge in [-0.3, -0.25) is 9.69 Å². The highest BCUT2D eigenvalue weighted by atomic mass is 127. The topological polar surface area (TPSA) is 71.1 Å². The summed E-state index contributed by atoms with van der Waals surface area (Å²) in [5, 5.41) is 2.60. The summed E-state index contributed by atoms with van der Waals surface area (Å²) in [7, 11) is 1.51. The maximum atomic E-state index is 13.6. The van der Waals surface area contributed by atoms with Crippen molar-refractivity contribution in [3.8, 4) is 5.75 Å². The molecule has 0 unspecified atom stereocenters. The van der Waals surface area contributed by atoms with E-state index in [1.807, 2.05) is 34.6 Å². The van der Waals surface area contributed by atoms with E-state index >= 15 is 0 Å². The number of benzene rings is 2. The van der Waals surface area contributed by atoms with Gasteiger partial charge in [0, 0.05) is 42.8 Å². The minimum atomic E-state index is -4.51. The van der Waals surface area contributed by atoms with Crippen LogP contribution in [0.4, 0.5) is 18.0 Å². The Morgan fingerprint density at radius 3 is 2.44 bits per heavy atom. The van der Waals surface area contributed by atoms with Crippen LogP contribution in [-0.4, -0.2) is 66.7 Å². The molecule has 2 aromatic rings. The van der Waals surface area contributed by atoms with Gasteiger partial charge in [-0.15, -0.1) is 0 Å². The molecule has 2 aromatic carbocycles. The lowest BCUT2D eigenvalue weighted by atomic mass is 10.0. The van der Waals surface area contributed by atoms with Crippen LogP contribution < -0.4 is 10.1 Å². The Hall–Kier alpha value is -2.54. The number of rotatable bonds is 6. The second-order valence-electron chi connectivity index (χ2n) is 10.7. The number of piperazine rings is 1. The first-order valence-corrected chi connectivity index (χ1v) is 13.7. The third-order valence-electron chi connectivity index (χ3n) is 6.35. The smallest absolute Gasteiger partial charge is 0.416 e. The monoisotopic (exact) mass is 661 g/mol. The molecule has 0 saturated carbocycles. The van der Waals surface area contributed by atoms with E-state index in [1.165, 1.54) is 13.1 Å². The van der Waals surface area contributed by atoms with Gasteiger partial charge in [0.2, 0.25) is 0 Å². The molecule has 1 fully saturated rings. The normalized spacial score (nSPS) is 17.5. The van der Waals surface area contributed by atoms with Crippen molar-refractivity contribution in [3.05, 3.63) is 62.2 Å². The molecule has 0 aliphatic carbocycles. The average molecular weight is 662 g/mol. The van der Waals surface area contributed by atoms with Crippen LogP contribution in [-0.2, 0) is 10.9 Å². The molecule has 1 N–H and O–H groups in total. The summed E-state index contributed by atoms with van der Waals surface area (Å²) in [6, 6.07) is 8.32. The predicted molar refractivity (Wildman–Crippen MR) is 151 cm³/mol. The lowest BCUT2D eigenvalue weighted by molar-refractivity contribution is -0.137. The van der Waals surface area contributed by atoms with Gasteiger partial charge < -0.3 is 19.7 Å². The molecule has 0 aromatic heterocycles. The van der Waals surface area contributed by atoms with Crippen LogP contribution in [0, 0.1) is 10.5 Å². The first kappa shape index (κ1) is 31.0. The van der Waals surface area contributed by atoms with E-state index in [1.54, 1.807) is 23.1 Å². The van der Waals surface area contributed by atoms with Crippen molar-refractivity contribution in [2.24, 2.45) is 0 Å². The fourth-order valence-corrected chi connectivity index (χ4v) is 4.84. The molecule has 0 bridgehead atoms. The molecule has 2 atom stereocenters. The summed E-state index contributed by atoms with van der Waals surface area (Å²) in [6.45, 7) is 10.8. The lowest BCUT2D eigenvalue weighted by Crippen LogP contribution is -2.55. The minimum absolute atomic E-state index is 0.183. The lowest BCUT2D eigenvalue weighted by Gasteiger charge is -2.41. The van der Waals surface area contributed by atoms with E-state index in [0.717, 1.165) is 21.3 Å². The Bertz CT molecular complexity index is 1200. The maximum Gasteiger partial charge on any atom is 0.416 e. The number of carbonyl (C=O) groups is 2. The molecule has 0 radical (unpaired) electrons. The van der Waals surface area contributed by atoms with Crippen molar-refractivity contribution < 1.29 is 32.2 Å². The van der Waals surface area contributed by atoms with Crippen LogP contribution in [0.25, 0.3) is 0 Å². The Balaban J connectivity index is 1.92. The first-order chi connectivity index (χ1) is 18.1. The largest absolute Gasteiger partial charge is 0.484 e. The fourth-order valence-electron chi connectivity index (χ4n) is 4.37. The Morgan fingerprint density at radius 1 is 1.15 bits per heavy atom. The van der Waals surface area contributed by atoms with Crippen molar-refractivity contribution in [2.45, 2.75) is 58.5 Å². The van der Waals surface area contributed by atoms with Gasteiger partial charge >= 0.3 is 12.3 Å². The van der Waals surface area contributed by atoms with Gasteiger partial charge in [-0.1, -0.05) is 12.1 Å². The van der Waals surface area contributed by atoms with Crippen LogP contribution in [0.5, 0.6) is 5.75 Å². The van der Waals surface area contributed by atoms with E-state index in [2.05, 4.69) is 32.8 Å². The highest BCUT2D eigenvalue weighted by molar-refractivity contribution is 14.1. The van der Waals surface area contributed by atoms with Gasteiger partial charge in [0.1, 0.15) is 17.5 Å². The number of halogens is 4. The van der Waals surface area contributed by atoms with E-state index in [0.29, 0.717) is 30.8 Å². The molecule has 3 rings (SSSR count). The minimum Gasteiger partial charge on any atom is -0.484 e. The third kappa shape index (κ3) is 8.23. The number of hydrogen-bond donors (Lipinski definition) is 1. The zero-order valence-corrected chi connectivity index (χ0v) is 25.1. The maximum absolute atomic E-state index is 13.6. The number of nitrogens with one attached hydrogen (secondary N) is 1. The summed E-state index contributed by atoms with van der Waals surface area (Å²) >= 11 is 2.13. The second kappa shape index (κ2) is 12.3. The summed E-state index contributed by atoms with van der Waals surface area (Å²) < 4.78 is 53.4. The summed E-state index contributed by atoms with van der Waals surface area (Å²) in [5.74, 6) is -0.0691. The number of amides is 2. The zero-order valence-electron chi connectivity index (χ0n) is 23.0. The van der Waals surface area contributed by atoms with Crippen LogP contribution >= 0.6 is 22.6 Å². The molecule has 1 saturated heterocycles. The SMILES string of the molecule is CNC(=O)c1cc(I)c(C)cc1O[C@H](CN1CCN(C(=O)OC(C)(C)C)[C@H](C)C1)c1cccc(C(F)(F)F)c1. The molecule has 7 nitrogen and oxygen atoms in total. The Morgan fingerprint density at radius 2 is 1.85 bits per heavy atom. The molecule has 1 heterocycles. The summed E-state index contributed by atoms with van der Waals surface area (Å²) in [4.78, 5) is 29.0. The number of nitrogens with zero attached hydrogens (tertiary/aromatic N) is 2.